The largest absolute Gasteiger partial charge is 0.326 e. The van der Waals surface area contributed by atoms with Crippen LogP contribution >= 0.6 is 23.7 Å². The van der Waals surface area contributed by atoms with E-state index < -0.39 is 0 Å². The third-order valence-corrected chi connectivity index (χ3v) is 3.99. The Kier molecular flexibility index (Phi) is 5.79. The average molecular weight is 283 g/mol. The third-order valence-electron chi connectivity index (χ3n) is 3.08. The van der Waals surface area contributed by atoms with Gasteiger partial charge in [0.05, 0.1) is 5.69 Å². The van der Waals surface area contributed by atoms with E-state index in [4.69, 9.17) is 10.7 Å². The summed E-state index contributed by atoms with van der Waals surface area (Å²) in [5.74, 6) is 0.545. The second-order valence-corrected chi connectivity index (χ2v) is 5.15. The number of halogens is 1. The summed E-state index contributed by atoms with van der Waals surface area (Å²) >= 11 is 1.72. The van der Waals surface area contributed by atoms with E-state index in [1.54, 1.807) is 11.3 Å². The van der Waals surface area contributed by atoms with Crippen LogP contribution in [0.1, 0.15) is 37.4 Å². The van der Waals surface area contributed by atoms with Crippen LogP contribution in [0.3, 0.4) is 0 Å². The van der Waals surface area contributed by atoms with E-state index in [2.05, 4.69) is 43.5 Å². The van der Waals surface area contributed by atoms with Gasteiger partial charge in [-0.2, -0.15) is 0 Å². The molecule has 0 aliphatic rings. The predicted octanol–water partition coefficient (Wildman–Crippen LogP) is 4.20. The van der Waals surface area contributed by atoms with Crippen molar-refractivity contribution in [2.24, 2.45) is 5.73 Å². The zero-order chi connectivity index (χ0) is 12.3. The van der Waals surface area contributed by atoms with Crippen LogP contribution in [0.4, 0.5) is 0 Å². The van der Waals surface area contributed by atoms with Crippen molar-refractivity contribution in [1.29, 1.82) is 0 Å². The Morgan fingerprint density at radius 1 is 1.28 bits per heavy atom. The van der Waals surface area contributed by atoms with Crippen molar-refractivity contribution in [3.05, 3.63) is 40.9 Å². The lowest BCUT2D eigenvalue weighted by Crippen LogP contribution is -1.95. The fourth-order valence-electron chi connectivity index (χ4n) is 1.64. The van der Waals surface area contributed by atoms with Crippen molar-refractivity contribution in [3.63, 3.8) is 0 Å². The van der Waals surface area contributed by atoms with Gasteiger partial charge in [-0.05, 0) is 17.9 Å². The molecule has 4 heteroatoms. The van der Waals surface area contributed by atoms with Gasteiger partial charge in [0, 0.05) is 17.5 Å². The average Bonchev–Trinajstić information content (AvgIpc) is 2.87. The molecule has 0 radical (unpaired) electrons. The number of thiazole rings is 1. The first kappa shape index (κ1) is 15.2. The van der Waals surface area contributed by atoms with Crippen molar-refractivity contribution < 1.29 is 0 Å². The molecule has 98 valence electrons. The number of hydrogen-bond acceptors (Lipinski definition) is 3. The monoisotopic (exact) mass is 282 g/mol. The molecule has 1 aromatic carbocycles. The summed E-state index contributed by atoms with van der Waals surface area (Å²) in [4.78, 5) is 4.69. The third kappa shape index (κ3) is 3.31. The van der Waals surface area contributed by atoms with E-state index in [1.165, 1.54) is 11.3 Å². The highest BCUT2D eigenvalue weighted by molar-refractivity contribution is 7.13. The van der Waals surface area contributed by atoms with Crippen molar-refractivity contribution >= 4 is 23.7 Å². The van der Waals surface area contributed by atoms with Crippen molar-refractivity contribution in [2.75, 3.05) is 0 Å². The molecule has 1 atom stereocenters. The van der Waals surface area contributed by atoms with E-state index in [-0.39, 0.29) is 12.4 Å². The molecule has 18 heavy (non-hydrogen) atoms. The Balaban J connectivity index is 0.00000162. The van der Waals surface area contributed by atoms with Gasteiger partial charge in [0.25, 0.3) is 0 Å². The minimum absolute atomic E-state index is 0. The Bertz CT molecular complexity index is 479. The lowest BCUT2D eigenvalue weighted by atomic mass is 10.1. The quantitative estimate of drug-likeness (QED) is 0.912. The molecule has 0 saturated heterocycles. The smallest absolute Gasteiger partial charge is 0.123 e. The number of benzene rings is 1. The standard InChI is InChI=1S/C14H18N2S.ClH/c1-3-10(2)13-9-17-14(16-13)12-6-4-11(8-15)5-7-12;/h4-7,9-10H,3,8,15H2,1-2H3;1H. The van der Waals surface area contributed by atoms with Gasteiger partial charge < -0.3 is 5.73 Å². The summed E-state index contributed by atoms with van der Waals surface area (Å²) in [6.07, 6.45) is 1.13. The topological polar surface area (TPSA) is 38.9 Å². The van der Waals surface area contributed by atoms with Crippen LogP contribution < -0.4 is 5.73 Å². The summed E-state index contributed by atoms with van der Waals surface area (Å²) in [5, 5.41) is 3.27. The first-order chi connectivity index (χ1) is 8.24. The van der Waals surface area contributed by atoms with Crippen molar-refractivity contribution in [2.45, 2.75) is 32.7 Å². The second-order valence-electron chi connectivity index (χ2n) is 4.29. The molecule has 1 heterocycles. The summed E-state index contributed by atoms with van der Waals surface area (Å²) < 4.78 is 0. The van der Waals surface area contributed by atoms with E-state index in [0.717, 1.165) is 17.0 Å². The highest BCUT2D eigenvalue weighted by Gasteiger charge is 2.09. The molecule has 0 spiro atoms. The summed E-state index contributed by atoms with van der Waals surface area (Å²) in [5.41, 5.74) is 9.13. The van der Waals surface area contributed by atoms with Crippen LogP contribution in [0.5, 0.6) is 0 Å². The van der Waals surface area contributed by atoms with Crippen molar-refractivity contribution in [3.8, 4) is 10.6 Å². The van der Waals surface area contributed by atoms with Gasteiger partial charge in [0.1, 0.15) is 5.01 Å². The first-order valence-corrected chi connectivity index (χ1v) is 6.87. The number of nitrogens with two attached hydrogens (primary N) is 1. The van der Waals surface area contributed by atoms with Gasteiger partial charge in [-0.15, -0.1) is 23.7 Å². The Morgan fingerprint density at radius 2 is 1.94 bits per heavy atom. The summed E-state index contributed by atoms with van der Waals surface area (Å²) in [6, 6.07) is 8.34. The second kappa shape index (κ2) is 6.88. The summed E-state index contributed by atoms with van der Waals surface area (Å²) in [6.45, 7) is 5.01. The molecule has 2 rings (SSSR count). The lowest BCUT2D eigenvalue weighted by molar-refractivity contribution is 0.714. The van der Waals surface area contributed by atoms with Gasteiger partial charge in [-0.3, -0.25) is 0 Å². The fourth-order valence-corrected chi connectivity index (χ4v) is 2.59. The first-order valence-electron chi connectivity index (χ1n) is 5.99. The number of rotatable bonds is 4. The highest BCUT2D eigenvalue weighted by atomic mass is 35.5. The van der Waals surface area contributed by atoms with Crippen LogP contribution in [0, 0.1) is 0 Å². The highest BCUT2D eigenvalue weighted by Crippen LogP contribution is 2.28. The summed E-state index contributed by atoms with van der Waals surface area (Å²) in [7, 11) is 0. The van der Waals surface area contributed by atoms with Crippen LogP contribution in [0.25, 0.3) is 10.6 Å². The Morgan fingerprint density at radius 3 is 2.50 bits per heavy atom. The van der Waals surface area contributed by atoms with E-state index in [9.17, 15) is 0 Å². The van der Waals surface area contributed by atoms with E-state index in [0.29, 0.717) is 12.5 Å². The van der Waals surface area contributed by atoms with Crippen LogP contribution in [-0.2, 0) is 6.54 Å². The molecule has 2 nitrogen and oxygen atoms in total. The van der Waals surface area contributed by atoms with Crippen LogP contribution in [0.2, 0.25) is 0 Å². The molecule has 1 aromatic heterocycles. The van der Waals surface area contributed by atoms with E-state index in [1.807, 2.05) is 0 Å². The zero-order valence-corrected chi connectivity index (χ0v) is 12.4. The van der Waals surface area contributed by atoms with Gasteiger partial charge in [0.15, 0.2) is 0 Å². The van der Waals surface area contributed by atoms with Crippen molar-refractivity contribution in [1.82, 2.24) is 4.98 Å². The number of aromatic nitrogens is 1. The molecule has 0 bridgehead atoms. The maximum absolute atomic E-state index is 5.59. The minimum Gasteiger partial charge on any atom is -0.326 e. The normalized spacial score (nSPS) is 11.9. The molecule has 2 N–H and O–H groups in total. The Labute approximate surface area is 119 Å². The Hall–Kier alpha value is -0.900. The van der Waals surface area contributed by atoms with Gasteiger partial charge in [0.2, 0.25) is 0 Å². The molecule has 2 aromatic rings. The lowest BCUT2D eigenvalue weighted by Gasteiger charge is -2.03. The fraction of sp³-hybridized carbons (Fsp3) is 0.357. The molecule has 0 amide bonds. The van der Waals surface area contributed by atoms with E-state index >= 15 is 0 Å². The maximum atomic E-state index is 5.59. The molecule has 1 unspecified atom stereocenters. The minimum atomic E-state index is 0. The molecular formula is C14H19ClN2S. The zero-order valence-electron chi connectivity index (χ0n) is 10.7. The van der Waals surface area contributed by atoms with Gasteiger partial charge in [-0.25, -0.2) is 4.98 Å². The SMILES string of the molecule is CCC(C)c1csc(-c2ccc(CN)cc2)n1.Cl. The van der Waals surface area contributed by atoms with Gasteiger partial charge in [-0.1, -0.05) is 38.1 Å². The molecule has 0 fully saturated rings. The van der Waals surface area contributed by atoms with Crippen LogP contribution in [-0.4, -0.2) is 4.98 Å². The number of hydrogen-bond donors (Lipinski definition) is 1. The van der Waals surface area contributed by atoms with Crippen LogP contribution in [0.15, 0.2) is 29.6 Å². The molecule has 0 saturated carbocycles. The van der Waals surface area contributed by atoms with Gasteiger partial charge >= 0.3 is 0 Å². The molecule has 0 aliphatic heterocycles. The maximum Gasteiger partial charge on any atom is 0.123 e. The number of nitrogens with zero attached hydrogens (tertiary/aromatic N) is 1. The molecule has 0 aliphatic carbocycles. The predicted molar refractivity (Wildman–Crippen MR) is 81.4 cm³/mol. The molecular weight excluding hydrogens is 264 g/mol.